The van der Waals surface area contributed by atoms with Crippen LogP contribution in [0.1, 0.15) is 23.7 Å². The molecule has 0 aliphatic heterocycles. The molecular weight excluding hydrogens is 212 g/mol. The Kier molecular flexibility index (Phi) is 3.09. The number of para-hydroxylation sites is 1. The molecule has 0 saturated carbocycles. The lowest BCUT2D eigenvalue weighted by atomic mass is 10.0. The summed E-state index contributed by atoms with van der Waals surface area (Å²) < 4.78 is 0. The van der Waals surface area contributed by atoms with E-state index >= 15 is 0 Å². The molecule has 17 heavy (non-hydrogen) atoms. The van der Waals surface area contributed by atoms with E-state index in [1.54, 1.807) is 0 Å². The fourth-order valence-corrected chi connectivity index (χ4v) is 1.81. The van der Waals surface area contributed by atoms with Crippen molar-refractivity contribution < 1.29 is 4.79 Å². The van der Waals surface area contributed by atoms with Gasteiger partial charge < -0.3 is 4.90 Å². The van der Waals surface area contributed by atoms with E-state index in [1.807, 2.05) is 56.3 Å². The van der Waals surface area contributed by atoms with Crippen LogP contribution in [0.4, 0.5) is 5.82 Å². The van der Waals surface area contributed by atoms with Crippen molar-refractivity contribution in [2.24, 2.45) is 0 Å². The smallest absolute Gasteiger partial charge is 0.163 e. The highest BCUT2D eigenvalue weighted by Gasteiger charge is 2.11. The third-order valence-electron chi connectivity index (χ3n) is 2.78. The highest BCUT2D eigenvalue weighted by molar-refractivity contribution is 6.07. The second-order valence-electron chi connectivity index (χ2n) is 4.22. The minimum absolute atomic E-state index is 0.159. The third kappa shape index (κ3) is 2.13. The van der Waals surface area contributed by atoms with Crippen molar-refractivity contribution in [3.8, 4) is 0 Å². The Morgan fingerprint density at radius 3 is 2.65 bits per heavy atom. The van der Waals surface area contributed by atoms with Crippen LogP contribution in [-0.4, -0.2) is 24.9 Å². The fraction of sp³-hybridized carbons (Fsp3) is 0.286. The van der Waals surface area contributed by atoms with Crippen LogP contribution in [0, 0.1) is 0 Å². The molecule has 0 aliphatic carbocycles. The number of anilines is 1. The summed E-state index contributed by atoms with van der Waals surface area (Å²) in [6, 6.07) is 9.63. The molecule has 0 radical (unpaired) electrons. The quantitative estimate of drug-likeness (QED) is 0.757. The Labute approximate surface area is 101 Å². The molecule has 0 N–H and O–H groups in total. The third-order valence-corrected chi connectivity index (χ3v) is 2.78. The molecule has 0 saturated heterocycles. The van der Waals surface area contributed by atoms with Gasteiger partial charge in [0.1, 0.15) is 5.82 Å². The average molecular weight is 228 g/mol. The Morgan fingerprint density at radius 1 is 1.29 bits per heavy atom. The number of nitrogens with zero attached hydrogens (tertiary/aromatic N) is 2. The zero-order chi connectivity index (χ0) is 12.4. The van der Waals surface area contributed by atoms with Crippen molar-refractivity contribution in [2.75, 3.05) is 19.0 Å². The topological polar surface area (TPSA) is 33.2 Å². The molecule has 3 nitrogen and oxygen atoms in total. The molecule has 0 amide bonds. The molecule has 2 rings (SSSR count). The highest BCUT2D eigenvalue weighted by Crippen LogP contribution is 2.23. The molecule has 0 fully saturated rings. The SMILES string of the molecule is CCC(=O)c1cc(N(C)C)nc2ccccc12. The molecule has 0 atom stereocenters. The number of hydrogen-bond donors (Lipinski definition) is 0. The van der Waals surface area contributed by atoms with Crippen molar-refractivity contribution in [3.05, 3.63) is 35.9 Å². The normalized spacial score (nSPS) is 10.5. The Morgan fingerprint density at radius 2 is 2.00 bits per heavy atom. The van der Waals surface area contributed by atoms with Crippen molar-refractivity contribution >= 4 is 22.5 Å². The molecule has 0 aliphatic rings. The van der Waals surface area contributed by atoms with Crippen molar-refractivity contribution in [1.82, 2.24) is 4.98 Å². The largest absolute Gasteiger partial charge is 0.363 e. The molecule has 2 aromatic rings. The van der Waals surface area contributed by atoms with Crippen LogP contribution < -0.4 is 4.90 Å². The second kappa shape index (κ2) is 4.53. The summed E-state index contributed by atoms with van der Waals surface area (Å²) in [5, 5.41) is 0.935. The van der Waals surface area contributed by atoms with Gasteiger partial charge in [0, 0.05) is 31.5 Å². The minimum Gasteiger partial charge on any atom is -0.363 e. The van der Waals surface area contributed by atoms with Crippen molar-refractivity contribution in [3.63, 3.8) is 0 Å². The Balaban J connectivity index is 2.73. The lowest BCUT2D eigenvalue weighted by Crippen LogP contribution is -2.12. The summed E-state index contributed by atoms with van der Waals surface area (Å²) >= 11 is 0. The molecule has 0 bridgehead atoms. The molecular formula is C14H16N2O. The van der Waals surface area contributed by atoms with Gasteiger partial charge >= 0.3 is 0 Å². The maximum atomic E-state index is 12.0. The van der Waals surface area contributed by atoms with E-state index in [0.717, 1.165) is 22.3 Å². The number of carbonyl (C=O) groups excluding carboxylic acids is 1. The standard InChI is InChI=1S/C14H16N2O/c1-4-13(17)11-9-14(16(2)3)15-12-8-6-5-7-10(11)12/h5-9H,4H2,1-3H3. The van der Waals surface area contributed by atoms with Crippen molar-refractivity contribution in [2.45, 2.75) is 13.3 Å². The molecule has 0 spiro atoms. The predicted octanol–water partition coefficient (Wildman–Crippen LogP) is 2.89. The predicted molar refractivity (Wildman–Crippen MR) is 70.7 cm³/mol. The van der Waals surface area contributed by atoms with Gasteiger partial charge in [-0.25, -0.2) is 4.98 Å². The summed E-state index contributed by atoms with van der Waals surface area (Å²) in [7, 11) is 3.86. The number of ketones is 1. The molecule has 1 aromatic heterocycles. The van der Waals surface area contributed by atoms with Crippen LogP contribution in [-0.2, 0) is 0 Å². The highest BCUT2D eigenvalue weighted by atomic mass is 16.1. The lowest BCUT2D eigenvalue weighted by molar-refractivity contribution is 0.0989. The van der Waals surface area contributed by atoms with E-state index in [1.165, 1.54) is 0 Å². The zero-order valence-corrected chi connectivity index (χ0v) is 10.4. The first-order valence-electron chi connectivity index (χ1n) is 5.73. The van der Waals surface area contributed by atoms with Crippen LogP contribution in [0.3, 0.4) is 0 Å². The van der Waals surface area contributed by atoms with Crippen LogP contribution in [0.2, 0.25) is 0 Å². The van der Waals surface area contributed by atoms with Gasteiger partial charge in [0.2, 0.25) is 0 Å². The van der Waals surface area contributed by atoms with E-state index in [0.29, 0.717) is 6.42 Å². The Bertz CT molecular complexity index is 561. The monoisotopic (exact) mass is 228 g/mol. The van der Waals surface area contributed by atoms with E-state index in [2.05, 4.69) is 4.98 Å². The number of Topliss-reactive ketones (excluding diaryl/α,β-unsaturated/α-hetero) is 1. The first kappa shape index (κ1) is 11.6. The number of benzene rings is 1. The van der Waals surface area contributed by atoms with E-state index in [9.17, 15) is 4.79 Å². The molecule has 3 heteroatoms. The van der Waals surface area contributed by atoms with Gasteiger partial charge in [-0.1, -0.05) is 25.1 Å². The first-order chi connectivity index (χ1) is 8.13. The molecule has 1 aromatic carbocycles. The number of aromatic nitrogens is 1. The molecule has 1 heterocycles. The number of fused-ring (bicyclic) bond motifs is 1. The Hall–Kier alpha value is -1.90. The van der Waals surface area contributed by atoms with E-state index in [-0.39, 0.29) is 5.78 Å². The summed E-state index contributed by atoms with van der Waals surface area (Å²) in [4.78, 5) is 18.4. The summed E-state index contributed by atoms with van der Waals surface area (Å²) in [6.45, 7) is 1.88. The number of carbonyl (C=O) groups is 1. The number of pyridine rings is 1. The average Bonchev–Trinajstić information content (AvgIpc) is 2.36. The first-order valence-corrected chi connectivity index (χ1v) is 5.73. The zero-order valence-electron chi connectivity index (χ0n) is 10.4. The van der Waals surface area contributed by atoms with E-state index in [4.69, 9.17) is 0 Å². The fourth-order valence-electron chi connectivity index (χ4n) is 1.81. The lowest BCUT2D eigenvalue weighted by Gasteiger charge is -2.14. The maximum absolute atomic E-state index is 12.0. The van der Waals surface area contributed by atoms with Crippen LogP contribution in [0.5, 0.6) is 0 Å². The molecule has 0 unspecified atom stereocenters. The summed E-state index contributed by atoms with van der Waals surface area (Å²) in [6.07, 6.45) is 0.515. The van der Waals surface area contributed by atoms with E-state index < -0.39 is 0 Å². The minimum atomic E-state index is 0.159. The second-order valence-corrected chi connectivity index (χ2v) is 4.22. The van der Waals surface area contributed by atoms with Gasteiger partial charge in [-0.15, -0.1) is 0 Å². The van der Waals surface area contributed by atoms with Gasteiger partial charge in [-0.3, -0.25) is 4.79 Å². The maximum Gasteiger partial charge on any atom is 0.163 e. The number of rotatable bonds is 3. The van der Waals surface area contributed by atoms with Crippen LogP contribution >= 0.6 is 0 Å². The van der Waals surface area contributed by atoms with Gasteiger partial charge in [0.25, 0.3) is 0 Å². The number of hydrogen-bond acceptors (Lipinski definition) is 3. The van der Waals surface area contributed by atoms with Crippen LogP contribution in [0.25, 0.3) is 10.9 Å². The molecule has 88 valence electrons. The van der Waals surface area contributed by atoms with Crippen molar-refractivity contribution in [1.29, 1.82) is 0 Å². The summed E-state index contributed by atoms with van der Waals surface area (Å²) in [5.74, 6) is 0.979. The van der Waals surface area contributed by atoms with Crippen LogP contribution in [0.15, 0.2) is 30.3 Å². The van der Waals surface area contributed by atoms with Gasteiger partial charge in [-0.2, -0.15) is 0 Å². The van der Waals surface area contributed by atoms with Gasteiger partial charge in [-0.05, 0) is 12.1 Å². The van der Waals surface area contributed by atoms with Gasteiger partial charge in [0.15, 0.2) is 5.78 Å². The van der Waals surface area contributed by atoms with Gasteiger partial charge in [0.05, 0.1) is 5.52 Å². The summed E-state index contributed by atoms with van der Waals surface area (Å²) in [5.41, 5.74) is 1.64.